The van der Waals surface area contributed by atoms with Gasteiger partial charge in [-0.25, -0.2) is 0 Å². The van der Waals surface area contributed by atoms with Gasteiger partial charge in [0, 0.05) is 12.8 Å². The summed E-state index contributed by atoms with van der Waals surface area (Å²) < 4.78 is 0. The lowest BCUT2D eigenvalue weighted by Crippen LogP contribution is -2.31. The van der Waals surface area contributed by atoms with Crippen molar-refractivity contribution in [1.82, 2.24) is 0 Å². The molecule has 1 aliphatic carbocycles. The average Bonchev–Trinajstić information content (AvgIpc) is 2.14. The molecule has 0 aromatic heterocycles. The Morgan fingerprint density at radius 2 is 1.82 bits per heavy atom. The molecule has 5 nitrogen and oxygen atoms in total. The van der Waals surface area contributed by atoms with Crippen molar-refractivity contribution in [3.8, 4) is 0 Å². The lowest BCUT2D eigenvalue weighted by Gasteiger charge is -2.28. The van der Waals surface area contributed by atoms with E-state index >= 15 is 0 Å². The molecule has 1 rings (SSSR count). The summed E-state index contributed by atoms with van der Waals surface area (Å²) in [4.78, 5) is 34.4. The average molecular weight is 234 g/mol. The third-order valence-corrected chi connectivity index (χ3v) is 2.57. The normalized spacial score (nSPS) is 18.6. The number of ketones is 2. The molecule has 0 spiro atoms. The quantitative estimate of drug-likeness (QED) is 0.414. The van der Waals surface area contributed by atoms with Crippen molar-refractivity contribution in [1.29, 1.82) is 5.41 Å². The number of hydrogen-bond acceptors (Lipinski definition) is 4. The number of carbonyl (C=O) groups excluding carboxylic acids is 3. The molecule has 0 aromatic carbocycles. The van der Waals surface area contributed by atoms with Gasteiger partial charge in [-0.15, -0.1) is 0 Å². The summed E-state index contributed by atoms with van der Waals surface area (Å²) in [5.41, 5.74) is 4.31. The van der Waals surface area contributed by atoms with E-state index in [2.05, 4.69) is 0 Å². The molecule has 3 N–H and O–H groups in total. The maximum Gasteiger partial charge on any atom is 0.258 e. The zero-order valence-corrected chi connectivity index (χ0v) is 9.79. The lowest BCUT2D eigenvalue weighted by atomic mass is 9.74. The van der Waals surface area contributed by atoms with Crippen molar-refractivity contribution in [2.24, 2.45) is 11.1 Å². The summed E-state index contributed by atoms with van der Waals surface area (Å²) in [7, 11) is 0. The van der Waals surface area contributed by atoms with Crippen molar-refractivity contribution < 1.29 is 14.4 Å². The fourth-order valence-corrected chi connectivity index (χ4v) is 1.75. The number of Topliss-reactive ketones (excluding diaryl/α,β-unsaturated/α-hetero) is 2. The van der Waals surface area contributed by atoms with E-state index in [1.54, 1.807) is 0 Å². The highest BCUT2D eigenvalue weighted by atomic mass is 16.2. The van der Waals surface area contributed by atoms with Crippen molar-refractivity contribution in [2.75, 3.05) is 0 Å². The molecule has 0 unspecified atom stereocenters. The molecule has 5 heteroatoms. The van der Waals surface area contributed by atoms with Crippen LogP contribution in [0, 0.1) is 10.8 Å². The number of primary amides is 1. The number of carbonyl (C=O) groups is 3. The molecule has 17 heavy (non-hydrogen) atoms. The summed E-state index contributed by atoms with van der Waals surface area (Å²) in [6.07, 6.45) is 1.55. The molecule has 90 valence electrons. The Hall–Kier alpha value is -2.00. The van der Waals surface area contributed by atoms with Gasteiger partial charge in [0.2, 0.25) is 0 Å². The van der Waals surface area contributed by atoms with Gasteiger partial charge in [-0.3, -0.25) is 19.8 Å². The van der Waals surface area contributed by atoms with Crippen LogP contribution in [0.3, 0.4) is 0 Å². The Balaban J connectivity index is 3.12. The zero-order chi connectivity index (χ0) is 13.2. The number of nitrogens with one attached hydrogen (secondary N) is 1. The molecule has 0 aromatic rings. The predicted molar refractivity (Wildman–Crippen MR) is 61.5 cm³/mol. The highest BCUT2D eigenvalue weighted by molar-refractivity contribution is 6.23. The van der Waals surface area contributed by atoms with Gasteiger partial charge in [-0.05, 0) is 17.4 Å². The second-order valence-electron chi connectivity index (χ2n) is 4.83. The SMILES string of the molecule is CC1(C)CC(=O)C(=CC(=C=N)C(N)=O)C(=O)C1. The van der Waals surface area contributed by atoms with Crippen LogP contribution in [0.1, 0.15) is 26.7 Å². The van der Waals surface area contributed by atoms with E-state index < -0.39 is 5.91 Å². The third kappa shape index (κ3) is 2.98. The highest BCUT2D eigenvalue weighted by Crippen LogP contribution is 2.33. The van der Waals surface area contributed by atoms with Gasteiger partial charge < -0.3 is 5.73 Å². The maximum absolute atomic E-state index is 11.8. The number of hydrogen-bond donors (Lipinski definition) is 2. The summed E-state index contributed by atoms with van der Waals surface area (Å²) in [6.45, 7) is 3.67. The van der Waals surface area contributed by atoms with E-state index in [9.17, 15) is 14.4 Å². The van der Waals surface area contributed by atoms with Crippen molar-refractivity contribution in [3.63, 3.8) is 0 Å². The fourth-order valence-electron chi connectivity index (χ4n) is 1.75. The molecule has 0 radical (unpaired) electrons. The van der Waals surface area contributed by atoms with Crippen LogP contribution in [0.5, 0.6) is 0 Å². The van der Waals surface area contributed by atoms with Crippen LogP contribution in [0.25, 0.3) is 0 Å². The van der Waals surface area contributed by atoms with E-state index in [0.29, 0.717) is 0 Å². The van der Waals surface area contributed by atoms with Crippen molar-refractivity contribution >= 4 is 23.3 Å². The van der Waals surface area contributed by atoms with Crippen molar-refractivity contribution in [2.45, 2.75) is 26.7 Å². The molecule has 0 aliphatic heterocycles. The molecule has 0 bridgehead atoms. The Morgan fingerprint density at radius 1 is 1.35 bits per heavy atom. The number of amides is 1. The monoisotopic (exact) mass is 234 g/mol. The van der Waals surface area contributed by atoms with E-state index in [1.807, 2.05) is 19.7 Å². The zero-order valence-electron chi connectivity index (χ0n) is 9.79. The molecule has 1 aliphatic rings. The Labute approximate surface area is 98.9 Å². The molecule has 1 amide bonds. The fraction of sp³-hybridized carbons (Fsp3) is 0.417. The first-order valence-corrected chi connectivity index (χ1v) is 5.14. The Kier molecular flexibility index (Phi) is 3.44. The molecule has 0 atom stereocenters. The van der Waals surface area contributed by atoms with Crippen LogP contribution in [0.15, 0.2) is 17.2 Å². The molecule has 0 saturated heterocycles. The molecule has 1 fully saturated rings. The van der Waals surface area contributed by atoms with Gasteiger partial charge in [0.25, 0.3) is 5.91 Å². The third-order valence-electron chi connectivity index (χ3n) is 2.57. The topological polar surface area (TPSA) is 101 Å². The maximum atomic E-state index is 11.8. The first-order valence-electron chi connectivity index (χ1n) is 5.14. The lowest BCUT2D eigenvalue weighted by molar-refractivity contribution is -0.127. The van der Waals surface area contributed by atoms with Gasteiger partial charge in [-0.1, -0.05) is 13.8 Å². The van der Waals surface area contributed by atoms with Crippen LogP contribution >= 0.6 is 0 Å². The largest absolute Gasteiger partial charge is 0.365 e. The second kappa shape index (κ2) is 4.47. The van der Waals surface area contributed by atoms with Gasteiger partial charge in [-0.2, -0.15) is 0 Å². The minimum absolute atomic E-state index is 0.0575. The van der Waals surface area contributed by atoms with E-state index in [-0.39, 0.29) is 41.0 Å². The summed E-state index contributed by atoms with van der Waals surface area (Å²) in [5, 5.41) is 6.86. The minimum atomic E-state index is -0.877. The van der Waals surface area contributed by atoms with Crippen LogP contribution in [-0.4, -0.2) is 23.3 Å². The Bertz CT molecular complexity index is 458. The van der Waals surface area contributed by atoms with Crippen molar-refractivity contribution in [3.05, 3.63) is 17.2 Å². The van der Waals surface area contributed by atoms with Gasteiger partial charge in [0.05, 0.1) is 5.57 Å². The smallest absolute Gasteiger partial charge is 0.258 e. The standard InChI is InChI=1S/C12H14N2O3/c1-12(2)4-9(15)8(10(16)5-12)3-7(6-13)11(14)17/h3,13H,4-5H2,1-2H3,(H2,14,17). The molecule has 1 saturated carbocycles. The first kappa shape index (κ1) is 13.1. The summed E-state index contributed by atoms with van der Waals surface area (Å²) in [6, 6.07) is 0. The van der Waals surface area contributed by atoms with Crippen LogP contribution in [-0.2, 0) is 14.4 Å². The van der Waals surface area contributed by atoms with Crippen LogP contribution in [0.4, 0.5) is 0 Å². The molecular formula is C12H14N2O3. The van der Waals surface area contributed by atoms with Gasteiger partial charge in [0.1, 0.15) is 5.57 Å². The van der Waals surface area contributed by atoms with Gasteiger partial charge >= 0.3 is 0 Å². The predicted octanol–water partition coefficient (Wildman–Crippen LogP) is 0.531. The van der Waals surface area contributed by atoms with Crippen LogP contribution < -0.4 is 5.73 Å². The molecular weight excluding hydrogens is 220 g/mol. The van der Waals surface area contributed by atoms with E-state index in [4.69, 9.17) is 11.1 Å². The number of rotatable bonds is 2. The molecule has 0 heterocycles. The first-order chi connectivity index (χ1) is 7.76. The van der Waals surface area contributed by atoms with Crippen LogP contribution in [0.2, 0.25) is 0 Å². The second-order valence-corrected chi connectivity index (χ2v) is 4.83. The van der Waals surface area contributed by atoms with E-state index in [1.165, 1.54) is 0 Å². The van der Waals surface area contributed by atoms with E-state index in [0.717, 1.165) is 6.08 Å². The highest BCUT2D eigenvalue weighted by Gasteiger charge is 2.35. The summed E-state index contributed by atoms with van der Waals surface area (Å²) >= 11 is 0. The summed E-state index contributed by atoms with van der Waals surface area (Å²) in [5.74, 6) is 0.307. The minimum Gasteiger partial charge on any atom is -0.365 e. The van der Waals surface area contributed by atoms with Gasteiger partial charge in [0.15, 0.2) is 11.6 Å². The number of allylic oxidation sites excluding steroid dienone is 1. The number of nitrogens with two attached hydrogens (primary N) is 1. The Morgan fingerprint density at radius 3 is 2.18 bits per heavy atom.